The Morgan fingerprint density at radius 1 is 1.07 bits per heavy atom. The summed E-state index contributed by atoms with van der Waals surface area (Å²) in [7, 11) is 2.16. The molecule has 150 valence electrons. The molecule has 1 amide bonds. The van der Waals surface area contributed by atoms with Crippen molar-refractivity contribution in [1.29, 1.82) is 0 Å². The van der Waals surface area contributed by atoms with E-state index in [2.05, 4.69) is 46.4 Å². The number of carbonyl (C=O) groups excluding carboxylic acids is 1. The van der Waals surface area contributed by atoms with Crippen LogP contribution in [-0.2, 0) is 11.3 Å². The van der Waals surface area contributed by atoms with Crippen molar-refractivity contribution < 1.29 is 9.53 Å². The smallest absolute Gasteiger partial charge is 0.261 e. The molecular weight excluding hydrogens is 350 g/mol. The van der Waals surface area contributed by atoms with Crippen LogP contribution in [0.5, 0.6) is 5.75 Å². The summed E-state index contributed by atoms with van der Waals surface area (Å²) >= 11 is 0. The number of aryl methyl sites for hydroxylation is 1. The molecule has 1 atom stereocenters. The minimum atomic E-state index is -0.537. The van der Waals surface area contributed by atoms with Crippen LogP contribution >= 0.6 is 0 Å². The molecule has 1 fully saturated rings. The maximum Gasteiger partial charge on any atom is 0.261 e. The molecule has 1 saturated heterocycles. The zero-order chi connectivity index (χ0) is 20.1. The maximum atomic E-state index is 12.4. The number of benzene rings is 2. The number of rotatable bonds is 6. The lowest BCUT2D eigenvalue weighted by Crippen LogP contribution is -2.44. The molecule has 5 nitrogen and oxygen atoms in total. The topological polar surface area (TPSA) is 44.8 Å². The van der Waals surface area contributed by atoms with E-state index >= 15 is 0 Å². The van der Waals surface area contributed by atoms with Crippen LogP contribution in [0.2, 0.25) is 0 Å². The van der Waals surface area contributed by atoms with Crippen LogP contribution in [0.25, 0.3) is 0 Å². The van der Waals surface area contributed by atoms with Gasteiger partial charge in [0.05, 0.1) is 0 Å². The van der Waals surface area contributed by atoms with Crippen LogP contribution in [0.4, 0.5) is 5.69 Å². The highest BCUT2D eigenvalue weighted by molar-refractivity contribution is 5.80. The number of nitrogens with zero attached hydrogens (tertiary/aromatic N) is 2. The van der Waals surface area contributed by atoms with Gasteiger partial charge < -0.3 is 19.9 Å². The first kappa shape index (κ1) is 20.2. The van der Waals surface area contributed by atoms with E-state index in [1.807, 2.05) is 32.0 Å². The first-order chi connectivity index (χ1) is 13.4. The van der Waals surface area contributed by atoms with Crippen LogP contribution in [0, 0.1) is 13.8 Å². The standard InChI is InChI=1S/C23H31N3O2/c1-17-6-5-7-22(18(17)2)28-19(3)23(27)24-16-20-8-10-21(11-9-20)26-14-12-25(4)13-15-26/h5-11,19H,12-16H2,1-4H3,(H,24,27)/t19-/m0/s1. The fourth-order valence-electron chi connectivity index (χ4n) is 3.32. The number of carbonyl (C=O) groups is 1. The maximum absolute atomic E-state index is 12.4. The molecule has 3 rings (SSSR count). The SMILES string of the molecule is Cc1cccc(O[C@@H](C)C(=O)NCc2ccc(N3CCN(C)CC3)cc2)c1C. The lowest BCUT2D eigenvalue weighted by Gasteiger charge is -2.34. The second kappa shape index (κ2) is 9.11. The van der Waals surface area contributed by atoms with Gasteiger partial charge in [0.2, 0.25) is 0 Å². The molecule has 0 aromatic heterocycles. The molecule has 28 heavy (non-hydrogen) atoms. The van der Waals surface area contributed by atoms with Crippen molar-refractivity contribution in [3.8, 4) is 5.75 Å². The van der Waals surface area contributed by atoms with E-state index < -0.39 is 6.10 Å². The van der Waals surface area contributed by atoms with Crippen molar-refractivity contribution in [3.63, 3.8) is 0 Å². The van der Waals surface area contributed by atoms with E-state index in [9.17, 15) is 4.79 Å². The number of ether oxygens (including phenoxy) is 1. The summed E-state index contributed by atoms with van der Waals surface area (Å²) in [5.41, 5.74) is 4.56. The number of piperazine rings is 1. The number of nitrogens with one attached hydrogen (secondary N) is 1. The minimum Gasteiger partial charge on any atom is -0.481 e. The Bertz CT molecular complexity index is 796. The molecule has 2 aromatic carbocycles. The molecule has 0 spiro atoms. The van der Waals surface area contributed by atoms with Gasteiger partial charge in [0, 0.05) is 38.4 Å². The van der Waals surface area contributed by atoms with E-state index in [0.29, 0.717) is 6.54 Å². The van der Waals surface area contributed by atoms with E-state index in [1.165, 1.54) is 5.69 Å². The second-order valence-electron chi connectivity index (χ2n) is 7.63. The monoisotopic (exact) mass is 381 g/mol. The summed E-state index contributed by atoms with van der Waals surface area (Å²) < 4.78 is 5.86. The number of hydrogen-bond donors (Lipinski definition) is 1. The fourth-order valence-corrected chi connectivity index (χ4v) is 3.32. The van der Waals surface area contributed by atoms with Gasteiger partial charge in [-0.2, -0.15) is 0 Å². The zero-order valence-corrected chi connectivity index (χ0v) is 17.4. The average molecular weight is 382 g/mol. The summed E-state index contributed by atoms with van der Waals surface area (Å²) in [5, 5.41) is 2.97. The van der Waals surface area contributed by atoms with Crippen LogP contribution in [-0.4, -0.2) is 50.1 Å². The number of hydrogen-bond acceptors (Lipinski definition) is 4. The molecule has 0 aliphatic carbocycles. The predicted molar refractivity (Wildman–Crippen MR) is 114 cm³/mol. The Labute approximate surface area is 168 Å². The Balaban J connectivity index is 1.50. The van der Waals surface area contributed by atoms with Gasteiger partial charge in [-0.15, -0.1) is 0 Å². The lowest BCUT2D eigenvalue weighted by atomic mass is 10.1. The molecule has 0 unspecified atom stereocenters. The Morgan fingerprint density at radius 3 is 2.43 bits per heavy atom. The molecule has 1 N–H and O–H groups in total. The molecule has 0 radical (unpaired) electrons. The average Bonchev–Trinajstić information content (AvgIpc) is 2.70. The molecule has 2 aromatic rings. The Morgan fingerprint density at radius 2 is 1.75 bits per heavy atom. The number of anilines is 1. The van der Waals surface area contributed by atoms with Crippen molar-refractivity contribution in [2.24, 2.45) is 0 Å². The highest BCUT2D eigenvalue weighted by atomic mass is 16.5. The van der Waals surface area contributed by atoms with Gasteiger partial charge in [0.1, 0.15) is 5.75 Å². The third kappa shape index (κ3) is 5.04. The van der Waals surface area contributed by atoms with E-state index in [4.69, 9.17) is 4.74 Å². The summed E-state index contributed by atoms with van der Waals surface area (Å²) in [6.07, 6.45) is -0.537. The van der Waals surface area contributed by atoms with Crippen LogP contribution in [0.3, 0.4) is 0 Å². The third-order valence-electron chi connectivity index (χ3n) is 5.50. The van der Waals surface area contributed by atoms with Crippen molar-refractivity contribution in [2.45, 2.75) is 33.4 Å². The van der Waals surface area contributed by atoms with Gasteiger partial charge in [-0.25, -0.2) is 0 Å². The Hall–Kier alpha value is -2.53. The van der Waals surface area contributed by atoms with Gasteiger partial charge >= 0.3 is 0 Å². The highest BCUT2D eigenvalue weighted by Gasteiger charge is 2.16. The van der Waals surface area contributed by atoms with Gasteiger partial charge in [-0.3, -0.25) is 4.79 Å². The summed E-state index contributed by atoms with van der Waals surface area (Å²) in [5.74, 6) is 0.656. The molecule has 1 aliphatic heterocycles. The van der Waals surface area contributed by atoms with Crippen molar-refractivity contribution >= 4 is 11.6 Å². The zero-order valence-electron chi connectivity index (χ0n) is 17.4. The molecule has 0 bridgehead atoms. The van der Waals surface area contributed by atoms with Crippen LogP contribution in [0.15, 0.2) is 42.5 Å². The van der Waals surface area contributed by atoms with Gasteiger partial charge in [-0.1, -0.05) is 24.3 Å². The van der Waals surface area contributed by atoms with Crippen molar-refractivity contribution in [2.75, 3.05) is 38.1 Å². The number of amides is 1. The van der Waals surface area contributed by atoms with E-state index in [0.717, 1.165) is 48.6 Å². The molecule has 1 aliphatic rings. The van der Waals surface area contributed by atoms with E-state index in [-0.39, 0.29) is 5.91 Å². The minimum absolute atomic E-state index is 0.107. The quantitative estimate of drug-likeness (QED) is 0.835. The largest absolute Gasteiger partial charge is 0.481 e. The summed E-state index contributed by atoms with van der Waals surface area (Å²) in [6.45, 7) is 10.6. The summed E-state index contributed by atoms with van der Waals surface area (Å²) in [6, 6.07) is 14.4. The van der Waals surface area contributed by atoms with Gasteiger partial charge in [-0.05, 0) is 62.7 Å². The molecule has 0 saturated carbocycles. The van der Waals surface area contributed by atoms with Crippen LogP contribution < -0.4 is 15.0 Å². The molecular formula is C23H31N3O2. The molecule has 1 heterocycles. The normalized spacial score (nSPS) is 15.9. The first-order valence-electron chi connectivity index (χ1n) is 9.97. The number of likely N-dealkylation sites (N-methyl/N-ethyl adjacent to an activating group) is 1. The Kier molecular flexibility index (Phi) is 6.57. The first-order valence-corrected chi connectivity index (χ1v) is 9.97. The van der Waals surface area contributed by atoms with E-state index in [1.54, 1.807) is 6.92 Å². The van der Waals surface area contributed by atoms with Crippen LogP contribution in [0.1, 0.15) is 23.6 Å². The third-order valence-corrected chi connectivity index (χ3v) is 5.50. The fraction of sp³-hybridized carbons (Fsp3) is 0.435. The summed E-state index contributed by atoms with van der Waals surface area (Å²) in [4.78, 5) is 17.2. The van der Waals surface area contributed by atoms with Crippen molar-refractivity contribution in [3.05, 3.63) is 59.2 Å². The molecule has 5 heteroatoms. The predicted octanol–water partition coefficient (Wildman–Crippen LogP) is 3.14. The van der Waals surface area contributed by atoms with Gasteiger partial charge in [0.15, 0.2) is 6.10 Å². The highest BCUT2D eigenvalue weighted by Crippen LogP contribution is 2.22. The lowest BCUT2D eigenvalue weighted by molar-refractivity contribution is -0.127. The van der Waals surface area contributed by atoms with Gasteiger partial charge in [0.25, 0.3) is 5.91 Å². The van der Waals surface area contributed by atoms with Crippen molar-refractivity contribution in [1.82, 2.24) is 10.2 Å². The second-order valence-corrected chi connectivity index (χ2v) is 7.63.